The number of rotatable bonds is 2. The first-order chi connectivity index (χ1) is 10.2. The predicted molar refractivity (Wildman–Crippen MR) is 76.7 cm³/mol. The first kappa shape index (κ1) is 13.6. The van der Waals surface area contributed by atoms with Crippen LogP contribution in [0.5, 0.6) is 0 Å². The first-order valence-corrected chi connectivity index (χ1v) is 6.99. The van der Waals surface area contributed by atoms with Crippen LogP contribution >= 0.6 is 0 Å². The monoisotopic (exact) mass is 287 g/mol. The van der Waals surface area contributed by atoms with E-state index in [2.05, 4.69) is 10.2 Å². The third kappa shape index (κ3) is 2.61. The van der Waals surface area contributed by atoms with Gasteiger partial charge in [0.2, 0.25) is 0 Å². The number of H-pyrrole nitrogens is 1. The van der Waals surface area contributed by atoms with Crippen LogP contribution in [0.15, 0.2) is 24.4 Å². The van der Waals surface area contributed by atoms with Crippen molar-refractivity contribution in [3.05, 3.63) is 30.0 Å². The van der Waals surface area contributed by atoms with Gasteiger partial charge in [0.25, 0.3) is 5.91 Å². The average molecular weight is 287 g/mol. The number of aromatic nitrogens is 2. The highest BCUT2D eigenvalue weighted by Crippen LogP contribution is 2.21. The summed E-state index contributed by atoms with van der Waals surface area (Å²) in [6, 6.07) is 5.46. The molecule has 110 valence electrons. The van der Waals surface area contributed by atoms with Gasteiger partial charge in [0, 0.05) is 24.0 Å². The van der Waals surface area contributed by atoms with E-state index in [9.17, 15) is 9.59 Å². The molecule has 1 aliphatic rings. The molecule has 1 amide bonds. The second kappa shape index (κ2) is 5.55. The summed E-state index contributed by atoms with van der Waals surface area (Å²) in [5.41, 5.74) is 1.44. The maximum Gasteiger partial charge on any atom is 0.310 e. The van der Waals surface area contributed by atoms with Crippen LogP contribution in [0.4, 0.5) is 0 Å². The second-order valence-electron chi connectivity index (χ2n) is 5.29. The number of carbonyl (C=O) groups is 2. The lowest BCUT2D eigenvalue weighted by Gasteiger charge is -2.31. The molecule has 3 rings (SSSR count). The van der Waals surface area contributed by atoms with Crippen molar-refractivity contribution in [1.82, 2.24) is 15.1 Å². The van der Waals surface area contributed by atoms with Crippen LogP contribution in [0.1, 0.15) is 23.2 Å². The van der Waals surface area contributed by atoms with E-state index in [4.69, 9.17) is 4.74 Å². The Bertz CT molecular complexity index is 680. The van der Waals surface area contributed by atoms with Crippen molar-refractivity contribution >= 4 is 22.8 Å². The molecule has 1 fully saturated rings. The number of nitrogens with zero attached hydrogens (tertiary/aromatic N) is 2. The zero-order valence-electron chi connectivity index (χ0n) is 11.8. The molecule has 1 unspecified atom stereocenters. The van der Waals surface area contributed by atoms with Crippen molar-refractivity contribution in [3.63, 3.8) is 0 Å². The summed E-state index contributed by atoms with van der Waals surface area (Å²) < 4.78 is 4.78. The van der Waals surface area contributed by atoms with E-state index in [1.807, 2.05) is 6.07 Å². The molecule has 1 aromatic carbocycles. The fourth-order valence-corrected chi connectivity index (χ4v) is 2.77. The fraction of sp³-hybridized carbons (Fsp3) is 0.400. The smallest absolute Gasteiger partial charge is 0.310 e. The Balaban J connectivity index is 1.78. The molecular formula is C15H17N3O3. The standard InChI is InChI=1S/C15H17N3O3/c1-21-15(20)12-3-2-6-18(9-12)14(19)10-4-5-11-8-16-17-13(11)7-10/h4-5,7-8,12H,2-3,6,9H2,1H3,(H,16,17). The van der Waals surface area contributed by atoms with Crippen LogP contribution in [0, 0.1) is 5.92 Å². The molecule has 0 bridgehead atoms. The Hall–Kier alpha value is -2.37. The van der Waals surface area contributed by atoms with Gasteiger partial charge in [-0.05, 0) is 25.0 Å². The molecule has 0 saturated carbocycles. The number of hydrogen-bond acceptors (Lipinski definition) is 4. The highest BCUT2D eigenvalue weighted by atomic mass is 16.5. The van der Waals surface area contributed by atoms with Crippen LogP contribution in [-0.4, -0.2) is 47.2 Å². The lowest BCUT2D eigenvalue weighted by molar-refractivity contribution is -0.146. The second-order valence-corrected chi connectivity index (χ2v) is 5.29. The van der Waals surface area contributed by atoms with Gasteiger partial charge in [0.15, 0.2) is 0 Å². The minimum atomic E-state index is -0.239. The van der Waals surface area contributed by atoms with Crippen molar-refractivity contribution in [2.24, 2.45) is 5.92 Å². The molecule has 21 heavy (non-hydrogen) atoms. The van der Waals surface area contributed by atoms with E-state index in [0.29, 0.717) is 18.7 Å². The highest BCUT2D eigenvalue weighted by Gasteiger charge is 2.29. The van der Waals surface area contributed by atoms with E-state index < -0.39 is 0 Å². The normalized spacial score (nSPS) is 18.7. The molecule has 0 spiro atoms. The Labute approximate surface area is 122 Å². The number of methoxy groups -OCH3 is 1. The van der Waals surface area contributed by atoms with Gasteiger partial charge in [0.05, 0.1) is 24.7 Å². The van der Waals surface area contributed by atoms with Crippen LogP contribution < -0.4 is 0 Å². The van der Waals surface area contributed by atoms with E-state index in [-0.39, 0.29) is 17.8 Å². The van der Waals surface area contributed by atoms with Gasteiger partial charge in [-0.3, -0.25) is 14.7 Å². The predicted octanol–water partition coefficient (Wildman–Crippen LogP) is 1.59. The molecule has 1 saturated heterocycles. The zero-order valence-corrected chi connectivity index (χ0v) is 11.8. The molecule has 0 radical (unpaired) electrons. The average Bonchev–Trinajstić information content (AvgIpc) is 3.01. The van der Waals surface area contributed by atoms with Gasteiger partial charge < -0.3 is 9.64 Å². The molecule has 1 aromatic heterocycles. The van der Waals surface area contributed by atoms with Crippen LogP contribution in [0.3, 0.4) is 0 Å². The van der Waals surface area contributed by atoms with Gasteiger partial charge in [-0.15, -0.1) is 0 Å². The molecule has 2 aromatic rings. The number of fused-ring (bicyclic) bond motifs is 1. The van der Waals surface area contributed by atoms with Crippen LogP contribution in [0.2, 0.25) is 0 Å². The quantitative estimate of drug-likeness (QED) is 0.851. The number of hydrogen-bond donors (Lipinski definition) is 1. The largest absolute Gasteiger partial charge is 0.469 e. The molecule has 6 heteroatoms. The maximum absolute atomic E-state index is 12.6. The zero-order chi connectivity index (χ0) is 14.8. The Morgan fingerprint density at radius 1 is 1.43 bits per heavy atom. The molecule has 0 aliphatic carbocycles. The summed E-state index contributed by atoms with van der Waals surface area (Å²) in [5, 5.41) is 7.78. The molecule has 1 N–H and O–H groups in total. The number of aromatic amines is 1. The number of benzene rings is 1. The number of esters is 1. The van der Waals surface area contributed by atoms with Crippen molar-refractivity contribution in [2.75, 3.05) is 20.2 Å². The summed E-state index contributed by atoms with van der Waals surface area (Å²) in [6.45, 7) is 1.10. The number of ether oxygens (including phenoxy) is 1. The number of nitrogens with one attached hydrogen (secondary N) is 1. The Morgan fingerprint density at radius 2 is 2.29 bits per heavy atom. The van der Waals surface area contributed by atoms with Gasteiger partial charge in [0.1, 0.15) is 0 Å². The van der Waals surface area contributed by atoms with Crippen LogP contribution in [-0.2, 0) is 9.53 Å². The van der Waals surface area contributed by atoms with E-state index in [0.717, 1.165) is 23.7 Å². The van der Waals surface area contributed by atoms with Crippen molar-refractivity contribution in [1.29, 1.82) is 0 Å². The third-order valence-electron chi connectivity index (χ3n) is 3.93. The first-order valence-electron chi connectivity index (χ1n) is 6.99. The lowest BCUT2D eigenvalue weighted by Crippen LogP contribution is -2.42. The summed E-state index contributed by atoms with van der Waals surface area (Å²) in [5.74, 6) is -0.514. The van der Waals surface area contributed by atoms with Gasteiger partial charge in [-0.2, -0.15) is 5.10 Å². The summed E-state index contributed by atoms with van der Waals surface area (Å²) in [7, 11) is 1.38. The summed E-state index contributed by atoms with van der Waals surface area (Å²) in [6.07, 6.45) is 3.31. The lowest BCUT2D eigenvalue weighted by atomic mass is 9.97. The van der Waals surface area contributed by atoms with E-state index in [1.54, 1.807) is 23.2 Å². The fourth-order valence-electron chi connectivity index (χ4n) is 2.77. The Morgan fingerprint density at radius 3 is 3.10 bits per heavy atom. The Kier molecular flexibility index (Phi) is 3.60. The topological polar surface area (TPSA) is 75.3 Å². The summed E-state index contributed by atoms with van der Waals surface area (Å²) >= 11 is 0. The van der Waals surface area contributed by atoms with Crippen molar-refractivity contribution in [2.45, 2.75) is 12.8 Å². The SMILES string of the molecule is COC(=O)C1CCCN(C(=O)c2ccc3cn[nH]c3c2)C1. The number of carbonyl (C=O) groups excluding carboxylic acids is 2. The number of likely N-dealkylation sites (tertiary alicyclic amines) is 1. The highest BCUT2D eigenvalue weighted by molar-refractivity contribution is 5.98. The molecule has 2 heterocycles. The van der Waals surface area contributed by atoms with Gasteiger partial charge >= 0.3 is 5.97 Å². The molecular weight excluding hydrogens is 270 g/mol. The number of amides is 1. The molecule has 1 atom stereocenters. The van der Waals surface area contributed by atoms with E-state index >= 15 is 0 Å². The third-order valence-corrected chi connectivity index (χ3v) is 3.93. The molecule has 6 nitrogen and oxygen atoms in total. The minimum absolute atomic E-state index is 0.0555. The molecule has 1 aliphatic heterocycles. The van der Waals surface area contributed by atoms with E-state index in [1.165, 1.54) is 7.11 Å². The van der Waals surface area contributed by atoms with Crippen LogP contribution in [0.25, 0.3) is 10.9 Å². The minimum Gasteiger partial charge on any atom is -0.469 e. The van der Waals surface area contributed by atoms with Gasteiger partial charge in [-0.25, -0.2) is 0 Å². The van der Waals surface area contributed by atoms with Gasteiger partial charge in [-0.1, -0.05) is 6.07 Å². The number of piperidine rings is 1. The summed E-state index contributed by atoms with van der Waals surface area (Å²) in [4.78, 5) is 25.9. The van der Waals surface area contributed by atoms with Crippen molar-refractivity contribution in [3.8, 4) is 0 Å². The maximum atomic E-state index is 12.6. The van der Waals surface area contributed by atoms with Crippen molar-refractivity contribution < 1.29 is 14.3 Å².